The summed E-state index contributed by atoms with van der Waals surface area (Å²) in [5, 5.41) is 8.74. The molecule has 1 aromatic heterocycles. The molecule has 0 amide bonds. The van der Waals surface area contributed by atoms with Crippen LogP contribution in [-0.4, -0.2) is 14.8 Å². The lowest BCUT2D eigenvalue weighted by Crippen LogP contribution is -2.07. The van der Waals surface area contributed by atoms with Crippen LogP contribution in [0.3, 0.4) is 0 Å². The van der Waals surface area contributed by atoms with Crippen LogP contribution in [0, 0.1) is 5.92 Å². The summed E-state index contributed by atoms with van der Waals surface area (Å²) >= 11 is 0. The molecule has 1 aliphatic rings. The molecule has 90 valence electrons. The van der Waals surface area contributed by atoms with Gasteiger partial charge >= 0.3 is 0 Å². The molecular weight excluding hydrogens is 198 g/mol. The van der Waals surface area contributed by atoms with Crippen molar-refractivity contribution in [2.75, 3.05) is 0 Å². The Morgan fingerprint density at radius 1 is 1.19 bits per heavy atom. The van der Waals surface area contributed by atoms with Crippen LogP contribution < -0.4 is 0 Å². The summed E-state index contributed by atoms with van der Waals surface area (Å²) in [5.41, 5.74) is 0. The lowest BCUT2D eigenvalue weighted by molar-refractivity contribution is 0.549. The van der Waals surface area contributed by atoms with E-state index in [1.807, 2.05) is 0 Å². The van der Waals surface area contributed by atoms with Crippen molar-refractivity contribution in [3.63, 3.8) is 0 Å². The maximum atomic E-state index is 4.38. The van der Waals surface area contributed by atoms with Gasteiger partial charge in [-0.05, 0) is 31.6 Å². The number of aryl methyl sites for hydroxylation is 2. The second-order valence-electron chi connectivity index (χ2n) is 5.32. The number of hydrogen-bond donors (Lipinski definition) is 0. The Morgan fingerprint density at radius 2 is 1.81 bits per heavy atom. The molecule has 0 N–H and O–H groups in total. The molecule has 0 bridgehead atoms. The van der Waals surface area contributed by atoms with Crippen LogP contribution in [0.15, 0.2) is 0 Å². The first-order valence-electron chi connectivity index (χ1n) is 6.65. The van der Waals surface area contributed by atoms with Gasteiger partial charge in [0, 0.05) is 18.9 Å². The third-order valence-corrected chi connectivity index (χ3v) is 3.17. The molecule has 0 aromatic carbocycles. The first-order valence-corrected chi connectivity index (χ1v) is 6.65. The number of rotatable bonds is 6. The minimum Gasteiger partial charge on any atom is -0.312 e. The van der Waals surface area contributed by atoms with Gasteiger partial charge in [-0.3, -0.25) is 0 Å². The fourth-order valence-electron chi connectivity index (χ4n) is 2.10. The van der Waals surface area contributed by atoms with Crippen molar-refractivity contribution in [3.05, 3.63) is 11.6 Å². The van der Waals surface area contributed by atoms with Crippen molar-refractivity contribution >= 4 is 0 Å². The summed E-state index contributed by atoms with van der Waals surface area (Å²) in [6, 6.07) is 0.721. The molecular formula is C13H23N3. The Hall–Kier alpha value is -0.860. The van der Waals surface area contributed by atoms with Crippen LogP contribution in [0.25, 0.3) is 0 Å². The van der Waals surface area contributed by atoms with Crippen LogP contribution >= 0.6 is 0 Å². The van der Waals surface area contributed by atoms with Crippen molar-refractivity contribution in [1.29, 1.82) is 0 Å². The molecule has 1 heterocycles. The fourth-order valence-corrected chi connectivity index (χ4v) is 2.10. The van der Waals surface area contributed by atoms with E-state index < -0.39 is 0 Å². The lowest BCUT2D eigenvalue weighted by Gasteiger charge is -2.09. The molecule has 3 heteroatoms. The SMILES string of the molecule is CCCc1nnc(CCC(C)C)n1C1CC1. The largest absolute Gasteiger partial charge is 0.312 e. The minimum atomic E-state index is 0.721. The zero-order chi connectivity index (χ0) is 11.5. The number of aromatic nitrogens is 3. The summed E-state index contributed by atoms with van der Waals surface area (Å²) < 4.78 is 2.42. The monoisotopic (exact) mass is 221 g/mol. The molecule has 1 aliphatic carbocycles. The second-order valence-corrected chi connectivity index (χ2v) is 5.32. The van der Waals surface area contributed by atoms with E-state index in [2.05, 4.69) is 35.5 Å². The molecule has 0 aliphatic heterocycles. The molecule has 0 spiro atoms. The van der Waals surface area contributed by atoms with Gasteiger partial charge in [-0.1, -0.05) is 20.8 Å². The number of hydrogen-bond acceptors (Lipinski definition) is 2. The van der Waals surface area contributed by atoms with Gasteiger partial charge in [0.15, 0.2) is 0 Å². The van der Waals surface area contributed by atoms with Crippen LogP contribution in [0.2, 0.25) is 0 Å². The van der Waals surface area contributed by atoms with Gasteiger partial charge in [0.1, 0.15) is 11.6 Å². The van der Waals surface area contributed by atoms with Crippen LogP contribution in [0.4, 0.5) is 0 Å². The highest BCUT2D eigenvalue weighted by Gasteiger charge is 2.28. The van der Waals surface area contributed by atoms with Gasteiger partial charge in [0.25, 0.3) is 0 Å². The Morgan fingerprint density at radius 3 is 2.31 bits per heavy atom. The predicted molar refractivity (Wildman–Crippen MR) is 65.4 cm³/mol. The summed E-state index contributed by atoms with van der Waals surface area (Å²) in [6.45, 7) is 6.75. The van der Waals surface area contributed by atoms with Gasteiger partial charge in [0.05, 0.1) is 0 Å². The van der Waals surface area contributed by atoms with Gasteiger partial charge < -0.3 is 4.57 Å². The van der Waals surface area contributed by atoms with Gasteiger partial charge in [-0.2, -0.15) is 0 Å². The third kappa shape index (κ3) is 2.63. The second kappa shape index (κ2) is 4.98. The first-order chi connectivity index (χ1) is 7.72. The summed E-state index contributed by atoms with van der Waals surface area (Å²) in [7, 11) is 0. The van der Waals surface area contributed by atoms with Crippen molar-refractivity contribution in [3.8, 4) is 0 Å². The molecule has 0 saturated heterocycles. The normalized spacial score (nSPS) is 16.0. The Balaban J connectivity index is 2.10. The molecule has 1 saturated carbocycles. The first kappa shape index (κ1) is 11.6. The maximum Gasteiger partial charge on any atom is 0.133 e. The highest BCUT2D eigenvalue weighted by Crippen LogP contribution is 2.37. The Kier molecular flexibility index (Phi) is 3.62. The molecule has 1 aromatic rings. The van der Waals surface area contributed by atoms with E-state index in [1.54, 1.807) is 0 Å². The summed E-state index contributed by atoms with van der Waals surface area (Å²) in [6.07, 6.45) is 7.19. The molecule has 16 heavy (non-hydrogen) atoms. The molecule has 0 radical (unpaired) electrons. The average molecular weight is 221 g/mol. The van der Waals surface area contributed by atoms with Gasteiger partial charge in [0.2, 0.25) is 0 Å². The van der Waals surface area contributed by atoms with Crippen LogP contribution in [0.5, 0.6) is 0 Å². The zero-order valence-electron chi connectivity index (χ0n) is 10.7. The van der Waals surface area contributed by atoms with E-state index in [4.69, 9.17) is 0 Å². The maximum absolute atomic E-state index is 4.38. The topological polar surface area (TPSA) is 30.7 Å². The minimum absolute atomic E-state index is 0.721. The van der Waals surface area contributed by atoms with E-state index in [0.717, 1.165) is 31.2 Å². The highest BCUT2D eigenvalue weighted by molar-refractivity contribution is 5.03. The standard InChI is InChI=1S/C13H23N3/c1-4-5-12-14-15-13(9-6-10(2)3)16(12)11-7-8-11/h10-11H,4-9H2,1-3H3. The van der Waals surface area contributed by atoms with E-state index in [9.17, 15) is 0 Å². The Labute approximate surface area is 98.3 Å². The predicted octanol–water partition coefficient (Wildman–Crippen LogP) is 3.15. The van der Waals surface area contributed by atoms with E-state index in [-0.39, 0.29) is 0 Å². The average Bonchev–Trinajstić information content (AvgIpc) is 2.99. The lowest BCUT2D eigenvalue weighted by atomic mass is 10.1. The van der Waals surface area contributed by atoms with E-state index in [0.29, 0.717) is 0 Å². The van der Waals surface area contributed by atoms with Crippen molar-refractivity contribution in [1.82, 2.24) is 14.8 Å². The fraction of sp³-hybridized carbons (Fsp3) is 0.846. The van der Waals surface area contributed by atoms with E-state index >= 15 is 0 Å². The van der Waals surface area contributed by atoms with Crippen LogP contribution in [-0.2, 0) is 12.8 Å². The van der Waals surface area contributed by atoms with Crippen LogP contribution in [0.1, 0.15) is 64.1 Å². The van der Waals surface area contributed by atoms with Crippen molar-refractivity contribution in [2.24, 2.45) is 5.92 Å². The smallest absolute Gasteiger partial charge is 0.133 e. The quantitative estimate of drug-likeness (QED) is 0.738. The molecule has 0 atom stereocenters. The number of nitrogens with zero attached hydrogens (tertiary/aromatic N) is 3. The summed E-state index contributed by atoms with van der Waals surface area (Å²) in [4.78, 5) is 0. The Bertz CT molecular complexity index is 337. The summed E-state index contributed by atoms with van der Waals surface area (Å²) in [5.74, 6) is 3.18. The molecule has 0 unspecified atom stereocenters. The van der Waals surface area contributed by atoms with Crippen molar-refractivity contribution in [2.45, 2.75) is 65.3 Å². The van der Waals surface area contributed by atoms with E-state index in [1.165, 1.54) is 30.9 Å². The third-order valence-electron chi connectivity index (χ3n) is 3.17. The van der Waals surface area contributed by atoms with Gasteiger partial charge in [-0.15, -0.1) is 10.2 Å². The van der Waals surface area contributed by atoms with Crippen molar-refractivity contribution < 1.29 is 0 Å². The molecule has 3 nitrogen and oxygen atoms in total. The highest BCUT2D eigenvalue weighted by atomic mass is 15.3. The van der Waals surface area contributed by atoms with Gasteiger partial charge in [-0.25, -0.2) is 0 Å². The zero-order valence-corrected chi connectivity index (χ0v) is 10.7. The molecule has 2 rings (SSSR count). The molecule has 1 fully saturated rings.